The van der Waals surface area contributed by atoms with Gasteiger partial charge in [0, 0.05) is 5.56 Å². The van der Waals surface area contributed by atoms with E-state index in [-0.39, 0.29) is 11.8 Å². The van der Waals surface area contributed by atoms with Crippen LogP contribution in [0.25, 0.3) is 0 Å². The number of hydrogen-bond donors (Lipinski definition) is 1. The number of benzene rings is 1. The predicted molar refractivity (Wildman–Crippen MR) is 68.1 cm³/mol. The van der Waals surface area contributed by atoms with E-state index < -0.39 is 6.61 Å². The summed E-state index contributed by atoms with van der Waals surface area (Å²) < 4.78 is 34.8. The summed E-state index contributed by atoms with van der Waals surface area (Å²) in [4.78, 5) is 0. The summed E-state index contributed by atoms with van der Waals surface area (Å²) in [6, 6.07) is 6.65. The standard InChI is InChI=1S/C14H17F2NO2/c1-17-13(10-5-4-8-18-9-10)11-6-2-3-7-12(11)19-14(15)16/h2-3,6-7,9,13-14,17H,4-5,8H2,1H3. The lowest BCUT2D eigenvalue weighted by atomic mass is 9.95. The molecule has 0 aliphatic carbocycles. The van der Waals surface area contributed by atoms with Crippen LogP contribution in [0.1, 0.15) is 24.4 Å². The molecule has 19 heavy (non-hydrogen) atoms. The topological polar surface area (TPSA) is 30.5 Å². The van der Waals surface area contributed by atoms with E-state index in [0.29, 0.717) is 12.2 Å². The van der Waals surface area contributed by atoms with Crippen LogP contribution in [0, 0.1) is 0 Å². The van der Waals surface area contributed by atoms with Gasteiger partial charge in [0.2, 0.25) is 0 Å². The Balaban J connectivity index is 2.29. The fourth-order valence-corrected chi connectivity index (χ4v) is 2.26. The van der Waals surface area contributed by atoms with Gasteiger partial charge in [0.15, 0.2) is 0 Å². The van der Waals surface area contributed by atoms with Crippen LogP contribution >= 0.6 is 0 Å². The van der Waals surface area contributed by atoms with Gasteiger partial charge in [0.05, 0.1) is 18.9 Å². The highest BCUT2D eigenvalue weighted by Crippen LogP contribution is 2.33. The fraction of sp³-hybridized carbons (Fsp3) is 0.429. The predicted octanol–water partition coefficient (Wildman–Crippen LogP) is 3.24. The molecule has 1 aliphatic heterocycles. The number of likely N-dealkylation sites (N-methyl/N-ethyl adjacent to an activating group) is 1. The van der Waals surface area contributed by atoms with Crippen LogP contribution in [0.5, 0.6) is 5.75 Å². The third-order valence-corrected chi connectivity index (χ3v) is 3.07. The normalized spacial score (nSPS) is 16.7. The Labute approximate surface area is 111 Å². The zero-order valence-corrected chi connectivity index (χ0v) is 10.7. The summed E-state index contributed by atoms with van der Waals surface area (Å²) in [5.74, 6) is 0.198. The molecule has 3 nitrogen and oxygen atoms in total. The van der Waals surface area contributed by atoms with Crippen molar-refractivity contribution in [3.8, 4) is 5.75 Å². The van der Waals surface area contributed by atoms with Crippen molar-refractivity contribution in [2.75, 3.05) is 13.7 Å². The second-order valence-electron chi connectivity index (χ2n) is 4.31. The molecular weight excluding hydrogens is 252 g/mol. The van der Waals surface area contributed by atoms with Gasteiger partial charge in [-0.1, -0.05) is 18.2 Å². The van der Waals surface area contributed by atoms with E-state index in [9.17, 15) is 8.78 Å². The molecule has 1 heterocycles. The van der Waals surface area contributed by atoms with Crippen LogP contribution in [0.2, 0.25) is 0 Å². The molecule has 1 N–H and O–H groups in total. The molecule has 1 aromatic carbocycles. The second kappa shape index (κ2) is 6.52. The van der Waals surface area contributed by atoms with Crippen molar-refractivity contribution in [3.05, 3.63) is 41.7 Å². The smallest absolute Gasteiger partial charge is 0.387 e. The van der Waals surface area contributed by atoms with Crippen molar-refractivity contribution >= 4 is 0 Å². The summed E-state index contributed by atoms with van der Waals surface area (Å²) in [6.07, 6.45) is 3.53. The van der Waals surface area contributed by atoms with E-state index in [1.54, 1.807) is 31.5 Å². The van der Waals surface area contributed by atoms with Crippen LogP contribution in [-0.4, -0.2) is 20.3 Å². The summed E-state index contributed by atoms with van der Waals surface area (Å²) in [7, 11) is 1.79. The molecule has 2 rings (SSSR count). The average molecular weight is 269 g/mol. The van der Waals surface area contributed by atoms with E-state index in [0.717, 1.165) is 18.4 Å². The molecule has 1 aliphatic rings. The minimum atomic E-state index is -2.82. The molecule has 0 fully saturated rings. The lowest BCUT2D eigenvalue weighted by Gasteiger charge is -2.24. The van der Waals surface area contributed by atoms with Crippen molar-refractivity contribution in [2.45, 2.75) is 25.5 Å². The van der Waals surface area contributed by atoms with E-state index in [1.807, 2.05) is 6.07 Å². The highest BCUT2D eigenvalue weighted by atomic mass is 19.3. The molecule has 0 aromatic heterocycles. The Morgan fingerprint density at radius 1 is 1.32 bits per heavy atom. The van der Waals surface area contributed by atoms with Gasteiger partial charge in [-0.2, -0.15) is 8.78 Å². The van der Waals surface area contributed by atoms with Crippen molar-refractivity contribution in [2.24, 2.45) is 0 Å². The van der Waals surface area contributed by atoms with Crippen LogP contribution < -0.4 is 10.1 Å². The molecule has 0 saturated heterocycles. The van der Waals surface area contributed by atoms with Gasteiger partial charge in [0.1, 0.15) is 5.75 Å². The number of alkyl halides is 2. The molecule has 1 atom stereocenters. The molecule has 5 heteroatoms. The maximum Gasteiger partial charge on any atom is 0.387 e. The number of nitrogens with one attached hydrogen (secondary N) is 1. The monoisotopic (exact) mass is 269 g/mol. The summed E-state index contributed by atoms with van der Waals surface area (Å²) in [5, 5.41) is 3.13. The van der Waals surface area contributed by atoms with Gasteiger partial charge in [-0.25, -0.2) is 0 Å². The Kier molecular flexibility index (Phi) is 4.74. The van der Waals surface area contributed by atoms with Crippen molar-refractivity contribution in [3.63, 3.8) is 0 Å². The van der Waals surface area contributed by atoms with Gasteiger partial charge in [0.25, 0.3) is 0 Å². The maximum absolute atomic E-state index is 12.4. The minimum absolute atomic E-state index is 0.171. The molecule has 0 amide bonds. The number of ether oxygens (including phenoxy) is 2. The minimum Gasteiger partial charge on any atom is -0.501 e. The zero-order chi connectivity index (χ0) is 13.7. The molecule has 0 saturated carbocycles. The first-order chi connectivity index (χ1) is 9.22. The van der Waals surface area contributed by atoms with Gasteiger partial charge in [-0.05, 0) is 31.5 Å². The Hall–Kier alpha value is -1.62. The molecule has 0 bridgehead atoms. The summed E-state index contributed by atoms with van der Waals surface area (Å²) in [6.45, 7) is -2.12. The SMILES string of the molecule is CNC(C1=COCCC1)c1ccccc1OC(F)F. The van der Waals surface area contributed by atoms with E-state index in [1.165, 1.54) is 0 Å². The number of halogens is 2. The molecule has 1 aromatic rings. The molecule has 0 radical (unpaired) electrons. The largest absolute Gasteiger partial charge is 0.501 e. The number of para-hydroxylation sites is 1. The highest BCUT2D eigenvalue weighted by molar-refractivity contribution is 5.40. The lowest BCUT2D eigenvalue weighted by Crippen LogP contribution is -2.22. The van der Waals surface area contributed by atoms with Crippen LogP contribution in [0.3, 0.4) is 0 Å². The molecule has 104 valence electrons. The van der Waals surface area contributed by atoms with Gasteiger partial charge < -0.3 is 14.8 Å². The number of hydrogen-bond acceptors (Lipinski definition) is 3. The Morgan fingerprint density at radius 2 is 2.11 bits per heavy atom. The fourth-order valence-electron chi connectivity index (χ4n) is 2.26. The van der Waals surface area contributed by atoms with Crippen LogP contribution in [0.15, 0.2) is 36.1 Å². The molecular formula is C14H17F2NO2. The first-order valence-corrected chi connectivity index (χ1v) is 6.24. The van der Waals surface area contributed by atoms with Crippen LogP contribution in [-0.2, 0) is 4.74 Å². The van der Waals surface area contributed by atoms with Crippen molar-refractivity contribution < 1.29 is 18.3 Å². The summed E-state index contributed by atoms with van der Waals surface area (Å²) >= 11 is 0. The van der Waals surface area contributed by atoms with E-state index >= 15 is 0 Å². The quantitative estimate of drug-likeness (QED) is 0.890. The first kappa shape index (κ1) is 13.8. The second-order valence-corrected chi connectivity index (χ2v) is 4.31. The molecule has 1 unspecified atom stereocenters. The van der Waals surface area contributed by atoms with E-state index in [4.69, 9.17) is 4.74 Å². The van der Waals surface area contributed by atoms with Gasteiger partial charge >= 0.3 is 6.61 Å². The maximum atomic E-state index is 12.4. The number of rotatable bonds is 5. The van der Waals surface area contributed by atoms with Crippen molar-refractivity contribution in [1.82, 2.24) is 5.32 Å². The Bertz CT molecular complexity index is 449. The third kappa shape index (κ3) is 3.44. The Morgan fingerprint density at radius 3 is 2.74 bits per heavy atom. The summed E-state index contributed by atoms with van der Waals surface area (Å²) in [5.41, 5.74) is 1.74. The zero-order valence-electron chi connectivity index (χ0n) is 10.7. The molecule has 0 spiro atoms. The average Bonchev–Trinajstić information content (AvgIpc) is 2.42. The van der Waals surface area contributed by atoms with Gasteiger partial charge in [-0.3, -0.25) is 0 Å². The lowest BCUT2D eigenvalue weighted by molar-refractivity contribution is -0.0506. The van der Waals surface area contributed by atoms with E-state index in [2.05, 4.69) is 10.1 Å². The highest BCUT2D eigenvalue weighted by Gasteiger charge is 2.21. The third-order valence-electron chi connectivity index (χ3n) is 3.07. The van der Waals surface area contributed by atoms with Crippen molar-refractivity contribution in [1.29, 1.82) is 0 Å². The van der Waals surface area contributed by atoms with Crippen LogP contribution in [0.4, 0.5) is 8.78 Å². The first-order valence-electron chi connectivity index (χ1n) is 6.24. The van der Waals surface area contributed by atoms with Gasteiger partial charge in [-0.15, -0.1) is 0 Å².